The molecule has 5 heteroatoms. The Kier molecular flexibility index (Phi) is 4.50. The molecule has 1 aromatic carbocycles. The second-order valence-corrected chi connectivity index (χ2v) is 6.61. The first-order valence-corrected chi connectivity index (χ1v) is 7.24. The summed E-state index contributed by atoms with van der Waals surface area (Å²) in [4.78, 5) is 2.28. The van der Waals surface area contributed by atoms with E-state index < -0.39 is 0 Å². The lowest BCUT2D eigenvalue weighted by Gasteiger charge is -2.42. The number of nitrogens with two attached hydrogens (primary N) is 1. The van der Waals surface area contributed by atoms with Crippen molar-refractivity contribution in [3.05, 3.63) is 28.2 Å². The molecule has 2 rings (SSSR count). The molecule has 1 saturated heterocycles. The van der Waals surface area contributed by atoms with Crippen LogP contribution in [0.3, 0.4) is 0 Å². The zero-order valence-corrected chi connectivity index (χ0v) is 13.0. The van der Waals surface area contributed by atoms with Crippen molar-refractivity contribution in [1.82, 2.24) is 4.90 Å². The first-order valence-electron chi connectivity index (χ1n) is 6.44. The predicted molar refractivity (Wildman–Crippen MR) is 79.9 cm³/mol. The molecular formula is C14H21BrN2O2. The Morgan fingerprint density at radius 1 is 1.53 bits per heavy atom. The average Bonchev–Trinajstić information content (AvgIpc) is 2.31. The number of morpholine rings is 1. The maximum absolute atomic E-state index is 9.32. The van der Waals surface area contributed by atoms with E-state index in [1.165, 1.54) is 0 Å². The van der Waals surface area contributed by atoms with Gasteiger partial charge in [-0.05, 0) is 31.5 Å². The molecule has 1 heterocycles. The van der Waals surface area contributed by atoms with Crippen LogP contribution < -0.4 is 5.73 Å². The van der Waals surface area contributed by atoms with Gasteiger partial charge in [0, 0.05) is 29.8 Å². The van der Waals surface area contributed by atoms with Crippen molar-refractivity contribution in [1.29, 1.82) is 0 Å². The number of nitrogen functional groups attached to an aromatic ring is 1. The third kappa shape index (κ3) is 3.92. The average molecular weight is 329 g/mol. The first-order chi connectivity index (χ1) is 8.89. The summed E-state index contributed by atoms with van der Waals surface area (Å²) in [7, 11) is 0. The van der Waals surface area contributed by atoms with E-state index in [2.05, 4.69) is 20.8 Å². The van der Waals surface area contributed by atoms with Crippen LogP contribution in [0.25, 0.3) is 0 Å². The van der Waals surface area contributed by atoms with Crippen LogP contribution in [-0.2, 0) is 11.3 Å². The molecule has 0 spiro atoms. The van der Waals surface area contributed by atoms with Crippen LogP contribution in [-0.4, -0.2) is 41.4 Å². The summed E-state index contributed by atoms with van der Waals surface area (Å²) in [5, 5.41) is 9.32. The molecule has 1 aliphatic rings. The Balaban J connectivity index is 2.09. The maximum Gasteiger partial charge on any atom is 0.0940 e. The largest absolute Gasteiger partial charge is 0.398 e. The van der Waals surface area contributed by atoms with Crippen LogP contribution in [0, 0.1) is 0 Å². The van der Waals surface area contributed by atoms with Gasteiger partial charge in [-0.3, -0.25) is 4.90 Å². The number of anilines is 1. The molecule has 4 nitrogen and oxygen atoms in total. The minimum atomic E-state index is -0.240. The zero-order valence-electron chi connectivity index (χ0n) is 11.4. The molecular weight excluding hydrogens is 308 g/mol. The zero-order chi connectivity index (χ0) is 14.0. The first kappa shape index (κ1) is 14.8. The number of halogens is 1. The summed E-state index contributed by atoms with van der Waals surface area (Å²) in [6, 6.07) is 5.96. The Bertz CT molecular complexity index is 451. The number of ether oxygens (including phenoxy) is 1. The standard InChI is InChI=1S/C14H21BrN2O2/c1-14(2)9-17(7-12(8-18)19-14)6-10-3-4-11(15)5-13(10)16/h3-5,12,18H,6-9,16H2,1-2H3. The van der Waals surface area contributed by atoms with Crippen molar-refractivity contribution in [2.24, 2.45) is 0 Å². The summed E-state index contributed by atoms with van der Waals surface area (Å²) in [6.45, 7) is 6.49. The minimum absolute atomic E-state index is 0.0513. The summed E-state index contributed by atoms with van der Waals surface area (Å²) in [5.74, 6) is 0. The van der Waals surface area contributed by atoms with Gasteiger partial charge >= 0.3 is 0 Å². The monoisotopic (exact) mass is 328 g/mol. The van der Waals surface area contributed by atoms with Gasteiger partial charge in [0.2, 0.25) is 0 Å². The molecule has 1 aliphatic heterocycles. The van der Waals surface area contributed by atoms with Crippen molar-refractivity contribution in [3.8, 4) is 0 Å². The van der Waals surface area contributed by atoms with Gasteiger partial charge in [-0.15, -0.1) is 0 Å². The van der Waals surface area contributed by atoms with Crippen LogP contribution in [0.15, 0.2) is 22.7 Å². The lowest BCUT2D eigenvalue weighted by atomic mass is 10.0. The molecule has 0 radical (unpaired) electrons. The van der Waals surface area contributed by atoms with Crippen molar-refractivity contribution in [2.45, 2.75) is 32.1 Å². The molecule has 1 aromatic rings. The number of rotatable bonds is 3. The van der Waals surface area contributed by atoms with E-state index >= 15 is 0 Å². The maximum atomic E-state index is 9.32. The van der Waals surface area contributed by atoms with Crippen molar-refractivity contribution in [3.63, 3.8) is 0 Å². The number of benzene rings is 1. The van der Waals surface area contributed by atoms with Crippen LogP contribution in [0.4, 0.5) is 5.69 Å². The fourth-order valence-corrected chi connectivity index (χ4v) is 2.96. The molecule has 1 unspecified atom stereocenters. The van der Waals surface area contributed by atoms with Gasteiger partial charge < -0.3 is 15.6 Å². The molecule has 0 aliphatic carbocycles. The predicted octanol–water partition coefficient (Wildman–Crippen LogP) is 2.00. The number of aliphatic hydroxyl groups excluding tert-OH is 1. The van der Waals surface area contributed by atoms with E-state index in [0.29, 0.717) is 0 Å². The van der Waals surface area contributed by atoms with Gasteiger partial charge in [0.1, 0.15) is 0 Å². The number of aliphatic hydroxyl groups is 1. The number of hydrogen-bond donors (Lipinski definition) is 2. The summed E-state index contributed by atoms with van der Waals surface area (Å²) in [5.41, 5.74) is 7.70. The van der Waals surface area contributed by atoms with Crippen LogP contribution in [0.5, 0.6) is 0 Å². The minimum Gasteiger partial charge on any atom is -0.398 e. The molecule has 1 fully saturated rings. The lowest BCUT2D eigenvalue weighted by molar-refractivity contribution is -0.150. The van der Waals surface area contributed by atoms with Crippen molar-refractivity contribution < 1.29 is 9.84 Å². The Labute approximate surface area is 122 Å². The van der Waals surface area contributed by atoms with Gasteiger partial charge in [0.25, 0.3) is 0 Å². The number of nitrogens with zero attached hydrogens (tertiary/aromatic N) is 1. The van der Waals surface area contributed by atoms with Crippen molar-refractivity contribution in [2.75, 3.05) is 25.4 Å². The second kappa shape index (κ2) is 5.79. The summed E-state index contributed by atoms with van der Waals surface area (Å²) >= 11 is 3.41. The van der Waals surface area contributed by atoms with Gasteiger partial charge in [0.05, 0.1) is 18.3 Å². The highest BCUT2D eigenvalue weighted by Crippen LogP contribution is 2.25. The molecule has 0 bridgehead atoms. The molecule has 0 aromatic heterocycles. The third-order valence-electron chi connectivity index (χ3n) is 3.26. The van der Waals surface area contributed by atoms with Gasteiger partial charge in [-0.2, -0.15) is 0 Å². The smallest absolute Gasteiger partial charge is 0.0940 e. The van der Waals surface area contributed by atoms with Crippen LogP contribution in [0.1, 0.15) is 19.4 Å². The summed E-state index contributed by atoms with van der Waals surface area (Å²) < 4.78 is 6.80. The number of hydrogen-bond acceptors (Lipinski definition) is 4. The molecule has 0 amide bonds. The second-order valence-electron chi connectivity index (χ2n) is 5.69. The molecule has 0 saturated carbocycles. The van der Waals surface area contributed by atoms with Gasteiger partial charge in [-0.1, -0.05) is 22.0 Å². The van der Waals surface area contributed by atoms with E-state index in [1.807, 2.05) is 32.0 Å². The van der Waals surface area contributed by atoms with Crippen molar-refractivity contribution >= 4 is 21.6 Å². The Hall–Kier alpha value is -0.620. The van der Waals surface area contributed by atoms with E-state index in [4.69, 9.17) is 10.5 Å². The third-order valence-corrected chi connectivity index (χ3v) is 3.75. The van der Waals surface area contributed by atoms with Gasteiger partial charge in [-0.25, -0.2) is 0 Å². The Morgan fingerprint density at radius 3 is 2.89 bits per heavy atom. The quantitative estimate of drug-likeness (QED) is 0.833. The SMILES string of the molecule is CC1(C)CN(Cc2ccc(Br)cc2N)CC(CO)O1. The highest BCUT2D eigenvalue weighted by atomic mass is 79.9. The molecule has 3 N–H and O–H groups in total. The van der Waals surface area contributed by atoms with Crippen LogP contribution >= 0.6 is 15.9 Å². The Morgan fingerprint density at radius 2 is 2.26 bits per heavy atom. The molecule has 1 atom stereocenters. The highest BCUT2D eigenvalue weighted by molar-refractivity contribution is 9.10. The van der Waals surface area contributed by atoms with E-state index in [1.54, 1.807) is 0 Å². The van der Waals surface area contributed by atoms with E-state index in [-0.39, 0.29) is 18.3 Å². The molecule has 106 valence electrons. The fraction of sp³-hybridized carbons (Fsp3) is 0.571. The highest BCUT2D eigenvalue weighted by Gasteiger charge is 2.33. The lowest BCUT2D eigenvalue weighted by Crippen LogP contribution is -2.53. The van der Waals surface area contributed by atoms with Crippen LogP contribution in [0.2, 0.25) is 0 Å². The normalized spacial score (nSPS) is 23.5. The van der Waals surface area contributed by atoms with E-state index in [9.17, 15) is 5.11 Å². The molecule has 19 heavy (non-hydrogen) atoms. The fourth-order valence-electron chi connectivity index (χ4n) is 2.58. The van der Waals surface area contributed by atoms with Gasteiger partial charge in [0.15, 0.2) is 0 Å². The van der Waals surface area contributed by atoms with E-state index in [0.717, 1.165) is 35.4 Å². The topological polar surface area (TPSA) is 58.7 Å². The summed E-state index contributed by atoms with van der Waals surface area (Å²) in [6.07, 6.45) is -0.125.